The molecule has 4 rings (SSSR count). The summed E-state index contributed by atoms with van der Waals surface area (Å²) < 4.78 is 0. The molecule has 2 fully saturated rings. The normalized spacial score (nSPS) is 48.7. The van der Waals surface area contributed by atoms with Gasteiger partial charge in [0.1, 0.15) is 0 Å². The Kier molecular flexibility index (Phi) is 3.47. The number of aliphatic hydroxyl groups excluding tert-OH is 1. The van der Waals surface area contributed by atoms with E-state index >= 15 is 0 Å². The highest BCUT2D eigenvalue weighted by atomic mass is 16.3. The zero-order valence-corrected chi connectivity index (χ0v) is 15.1. The molecule has 0 saturated heterocycles. The SMILES string of the molecule is C=C(C)C1=CCC2C3CC=C4CC(O)CCC4(C)C3CCC12C. The van der Waals surface area contributed by atoms with Crippen LogP contribution in [0, 0.1) is 28.6 Å². The van der Waals surface area contributed by atoms with E-state index in [2.05, 4.69) is 39.5 Å². The number of hydrogen-bond donors (Lipinski definition) is 1. The van der Waals surface area contributed by atoms with Crippen molar-refractivity contribution >= 4 is 0 Å². The first-order chi connectivity index (χ1) is 10.9. The molecule has 1 nitrogen and oxygen atoms in total. The summed E-state index contributed by atoms with van der Waals surface area (Å²) in [6.07, 6.45) is 13.2. The van der Waals surface area contributed by atoms with Gasteiger partial charge in [0, 0.05) is 0 Å². The molecule has 1 heteroatoms. The molecule has 4 aliphatic rings. The summed E-state index contributed by atoms with van der Waals surface area (Å²) >= 11 is 0. The second-order valence-electron chi connectivity index (χ2n) is 9.25. The molecule has 126 valence electrons. The van der Waals surface area contributed by atoms with Gasteiger partial charge in [-0.25, -0.2) is 0 Å². The summed E-state index contributed by atoms with van der Waals surface area (Å²) in [4.78, 5) is 0. The predicted molar refractivity (Wildman–Crippen MR) is 96.0 cm³/mol. The first-order valence-corrected chi connectivity index (χ1v) is 9.60. The molecule has 0 heterocycles. The molecule has 0 radical (unpaired) electrons. The van der Waals surface area contributed by atoms with Crippen molar-refractivity contribution in [1.82, 2.24) is 0 Å². The van der Waals surface area contributed by atoms with Crippen LogP contribution in [0.4, 0.5) is 0 Å². The summed E-state index contributed by atoms with van der Waals surface area (Å²) in [5.74, 6) is 2.45. The molecule has 0 bridgehead atoms. The molecule has 1 N–H and O–H groups in total. The topological polar surface area (TPSA) is 20.2 Å². The quantitative estimate of drug-likeness (QED) is 0.641. The van der Waals surface area contributed by atoms with E-state index in [0.29, 0.717) is 10.8 Å². The van der Waals surface area contributed by atoms with Crippen LogP contribution in [-0.2, 0) is 0 Å². The van der Waals surface area contributed by atoms with Crippen molar-refractivity contribution in [2.75, 3.05) is 0 Å². The molecule has 0 aliphatic heterocycles. The standard InChI is InChI=1S/C22H32O/c1-14(2)18-7-8-19-17-6-5-15-13-16(23)9-11-21(15,3)20(17)10-12-22(18,19)4/h5,7,16-17,19-20,23H,1,6,8-13H2,2-4H3. The van der Waals surface area contributed by atoms with Gasteiger partial charge in [0.25, 0.3) is 0 Å². The Morgan fingerprint density at radius 1 is 1.09 bits per heavy atom. The van der Waals surface area contributed by atoms with Gasteiger partial charge < -0.3 is 5.11 Å². The van der Waals surface area contributed by atoms with E-state index in [0.717, 1.165) is 30.6 Å². The molecule has 4 aliphatic carbocycles. The van der Waals surface area contributed by atoms with E-state index in [1.807, 2.05) is 0 Å². The molecular formula is C22H32O. The van der Waals surface area contributed by atoms with Gasteiger partial charge in [-0.2, -0.15) is 0 Å². The Balaban J connectivity index is 1.67. The first-order valence-electron chi connectivity index (χ1n) is 9.60. The highest BCUT2D eigenvalue weighted by Crippen LogP contribution is 2.65. The lowest BCUT2D eigenvalue weighted by Gasteiger charge is -2.57. The van der Waals surface area contributed by atoms with E-state index in [1.165, 1.54) is 37.7 Å². The van der Waals surface area contributed by atoms with Crippen molar-refractivity contribution < 1.29 is 5.11 Å². The van der Waals surface area contributed by atoms with Crippen LogP contribution < -0.4 is 0 Å². The average Bonchev–Trinajstić information content (AvgIpc) is 2.85. The Bertz CT molecular complexity index is 597. The third-order valence-electron chi connectivity index (χ3n) is 8.12. The van der Waals surface area contributed by atoms with Crippen molar-refractivity contribution in [2.45, 2.75) is 71.8 Å². The van der Waals surface area contributed by atoms with Gasteiger partial charge in [0.15, 0.2) is 0 Å². The maximum absolute atomic E-state index is 10.1. The molecule has 23 heavy (non-hydrogen) atoms. The summed E-state index contributed by atoms with van der Waals surface area (Å²) in [7, 11) is 0. The predicted octanol–water partition coefficient (Wildman–Crippen LogP) is 5.42. The molecule has 0 spiro atoms. The van der Waals surface area contributed by atoms with E-state index in [9.17, 15) is 5.11 Å². The fourth-order valence-corrected chi connectivity index (χ4v) is 6.87. The molecular weight excluding hydrogens is 280 g/mol. The van der Waals surface area contributed by atoms with Gasteiger partial charge in [0.05, 0.1) is 6.10 Å². The van der Waals surface area contributed by atoms with Crippen molar-refractivity contribution in [2.24, 2.45) is 28.6 Å². The van der Waals surface area contributed by atoms with Gasteiger partial charge in [-0.3, -0.25) is 0 Å². The van der Waals surface area contributed by atoms with Crippen molar-refractivity contribution in [3.05, 3.63) is 35.5 Å². The summed E-state index contributed by atoms with van der Waals surface area (Å²) in [6, 6.07) is 0. The number of allylic oxidation sites excluding steroid dienone is 4. The van der Waals surface area contributed by atoms with Gasteiger partial charge in [-0.15, -0.1) is 0 Å². The minimum atomic E-state index is -0.0945. The fourth-order valence-electron chi connectivity index (χ4n) is 6.87. The van der Waals surface area contributed by atoms with Crippen LogP contribution in [0.3, 0.4) is 0 Å². The smallest absolute Gasteiger partial charge is 0.0577 e. The van der Waals surface area contributed by atoms with E-state index in [1.54, 1.807) is 11.1 Å². The monoisotopic (exact) mass is 312 g/mol. The third kappa shape index (κ3) is 2.08. The minimum Gasteiger partial charge on any atom is -0.393 e. The maximum Gasteiger partial charge on any atom is 0.0577 e. The van der Waals surface area contributed by atoms with Crippen LogP contribution in [0.2, 0.25) is 0 Å². The average molecular weight is 312 g/mol. The first kappa shape index (κ1) is 15.7. The van der Waals surface area contributed by atoms with Crippen LogP contribution in [0.15, 0.2) is 35.5 Å². The molecule has 0 aromatic carbocycles. The summed E-state index contributed by atoms with van der Waals surface area (Å²) in [5.41, 5.74) is 5.14. The van der Waals surface area contributed by atoms with E-state index in [-0.39, 0.29) is 6.10 Å². The summed E-state index contributed by atoms with van der Waals surface area (Å²) in [6.45, 7) is 11.5. The Labute approximate surface area is 141 Å². The number of aliphatic hydroxyl groups is 1. The second-order valence-corrected chi connectivity index (χ2v) is 9.25. The van der Waals surface area contributed by atoms with Gasteiger partial charge in [0.2, 0.25) is 0 Å². The van der Waals surface area contributed by atoms with Gasteiger partial charge in [-0.1, -0.05) is 43.7 Å². The van der Waals surface area contributed by atoms with Crippen molar-refractivity contribution in [3.8, 4) is 0 Å². The third-order valence-corrected chi connectivity index (χ3v) is 8.12. The zero-order chi connectivity index (χ0) is 16.4. The van der Waals surface area contributed by atoms with Gasteiger partial charge in [-0.05, 0) is 86.0 Å². The number of hydrogen-bond acceptors (Lipinski definition) is 1. The second kappa shape index (κ2) is 5.09. The van der Waals surface area contributed by atoms with Crippen molar-refractivity contribution in [1.29, 1.82) is 0 Å². The lowest BCUT2D eigenvalue weighted by Crippen LogP contribution is -2.50. The lowest BCUT2D eigenvalue weighted by atomic mass is 9.47. The molecule has 6 atom stereocenters. The number of rotatable bonds is 1. The molecule has 0 aromatic rings. The van der Waals surface area contributed by atoms with Crippen molar-refractivity contribution in [3.63, 3.8) is 0 Å². The van der Waals surface area contributed by atoms with Crippen LogP contribution in [0.25, 0.3) is 0 Å². The Morgan fingerprint density at radius 3 is 2.57 bits per heavy atom. The molecule has 2 saturated carbocycles. The van der Waals surface area contributed by atoms with Crippen LogP contribution in [-0.4, -0.2) is 11.2 Å². The molecule has 6 unspecified atom stereocenters. The van der Waals surface area contributed by atoms with Crippen LogP contribution in [0.5, 0.6) is 0 Å². The van der Waals surface area contributed by atoms with Crippen LogP contribution >= 0.6 is 0 Å². The van der Waals surface area contributed by atoms with E-state index < -0.39 is 0 Å². The largest absolute Gasteiger partial charge is 0.393 e. The summed E-state index contributed by atoms with van der Waals surface area (Å²) in [5, 5.41) is 10.1. The Hall–Kier alpha value is -0.820. The van der Waals surface area contributed by atoms with Gasteiger partial charge >= 0.3 is 0 Å². The highest BCUT2D eigenvalue weighted by Gasteiger charge is 2.56. The number of fused-ring (bicyclic) bond motifs is 5. The zero-order valence-electron chi connectivity index (χ0n) is 15.1. The molecule has 0 aromatic heterocycles. The maximum atomic E-state index is 10.1. The minimum absolute atomic E-state index is 0.0945. The highest BCUT2D eigenvalue weighted by molar-refractivity contribution is 5.39. The van der Waals surface area contributed by atoms with Crippen LogP contribution in [0.1, 0.15) is 65.7 Å². The lowest BCUT2D eigenvalue weighted by molar-refractivity contribution is -0.0287. The molecule has 0 amide bonds. The fraction of sp³-hybridized carbons (Fsp3) is 0.727. The Morgan fingerprint density at radius 2 is 1.83 bits per heavy atom. The van der Waals surface area contributed by atoms with E-state index in [4.69, 9.17) is 0 Å².